The van der Waals surface area contributed by atoms with Crippen molar-refractivity contribution in [1.29, 1.82) is 0 Å². The molecule has 24 heavy (non-hydrogen) atoms. The number of fused-ring (bicyclic) bond motifs is 1. The van der Waals surface area contributed by atoms with Gasteiger partial charge >= 0.3 is 0 Å². The van der Waals surface area contributed by atoms with Gasteiger partial charge in [0.25, 0.3) is 0 Å². The number of rotatable bonds is 4. The van der Waals surface area contributed by atoms with Crippen LogP contribution in [0.25, 0.3) is 0 Å². The third-order valence-corrected chi connectivity index (χ3v) is 5.48. The Morgan fingerprint density at radius 2 is 2.08 bits per heavy atom. The van der Waals surface area contributed by atoms with Gasteiger partial charge in [0, 0.05) is 30.7 Å². The van der Waals surface area contributed by atoms with Crippen LogP contribution in [-0.4, -0.2) is 41.6 Å². The number of ether oxygens (including phenoxy) is 1. The normalized spacial score (nSPS) is 33.0. The molecule has 2 fully saturated rings. The first kappa shape index (κ1) is 16.9. The first-order chi connectivity index (χ1) is 11.5. The van der Waals surface area contributed by atoms with E-state index in [1.54, 1.807) is 13.2 Å². The number of nitrogens with zero attached hydrogens (tertiary/aromatic N) is 1. The summed E-state index contributed by atoms with van der Waals surface area (Å²) in [4.78, 5) is 23.9. The summed E-state index contributed by atoms with van der Waals surface area (Å²) in [5.41, 5.74) is 0.940. The number of methoxy groups -OCH3 is 1. The molecule has 1 aliphatic carbocycles. The predicted octanol–water partition coefficient (Wildman–Crippen LogP) is 2.70. The molecule has 0 radical (unpaired) electrons. The zero-order chi connectivity index (χ0) is 17.3. The summed E-state index contributed by atoms with van der Waals surface area (Å²) < 4.78 is 5.15. The van der Waals surface area contributed by atoms with E-state index >= 15 is 0 Å². The van der Waals surface area contributed by atoms with E-state index in [-0.39, 0.29) is 40.5 Å². The molecule has 1 heterocycles. The number of carbonyl (C=O) groups is 2. The fourth-order valence-corrected chi connectivity index (χ4v) is 4.35. The molecule has 2 aliphatic rings. The van der Waals surface area contributed by atoms with Crippen LogP contribution in [0.3, 0.4) is 0 Å². The second-order valence-electron chi connectivity index (χ2n) is 6.87. The molecule has 1 aliphatic heterocycles. The summed E-state index contributed by atoms with van der Waals surface area (Å²) >= 11 is 0. The van der Waals surface area contributed by atoms with Crippen LogP contribution in [-0.2, 0) is 9.59 Å². The Bertz CT molecular complexity index is 671. The minimum Gasteiger partial charge on any atom is -0.497 e. The van der Waals surface area contributed by atoms with Gasteiger partial charge in [-0.3, -0.25) is 9.59 Å². The Hall–Kier alpha value is -1.98. The first-order valence-corrected chi connectivity index (χ1v) is 8.39. The van der Waals surface area contributed by atoms with E-state index in [1.807, 2.05) is 24.3 Å². The number of likely N-dealkylation sites (tertiary alicyclic amines) is 1. The number of benzene rings is 1. The lowest BCUT2D eigenvalue weighted by Crippen LogP contribution is -2.58. The molecule has 1 aromatic carbocycles. The topological polar surface area (TPSA) is 63.6 Å². The van der Waals surface area contributed by atoms with Gasteiger partial charge in [0.15, 0.2) is 11.6 Å². The number of hydroxylamine groups is 3. The van der Waals surface area contributed by atoms with Crippen LogP contribution in [0.1, 0.15) is 30.9 Å². The molecular formula is C19H24NO4+. The van der Waals surface area contributed by atoms with Crippen molar-refractivity contribution < 1.29 is 24.2 Å². The lowest BCUT2D eigenvalue weighted by atomic mass is 9.68. The quantitative estimate of drug-likeness (QED) is 0.524. The number of piperidine rings is 1. The molecule has 4 unspecified atom stereocenters. The molecule has 1 saturated carbocycles. The van der Waals surface area contributed by atoms with Crippen molar-refractivity contribution in [1.82, 2.24) is 0 Å². The van der Waals surface area contributed by atoms with Gasteiger partial charge in [-0.2, -0.15) is 4.65 Å². The summed E-state index contributed by atoms with van der Waals surface area (Å²) in [5.74, 6) is 0.257. The first-order valence-electron chi connectivity index (χ1n) is 8.39. The lowest BCUT2D eigenvalue weighted by Gasteiger charge is -2.49. The van der Waals surface area contributed by atoms with Gasteiger partial charge in [-0.05, 0) is 24.1 Å². The van der Waals surface area contributed by atoms with Crippen molar-refractivity contribution in [2.45, 2.75) is 25.3 Å². The smallest absolute Gasteiger partial charge is 0.198 e. The molecule has 1 aromatic rings. The van der Waals surface area contributed by atoms with Gasteiger partial charge in [0.1, 0.15) is 24.9 Å². The molecular weight excluding hydrogens is 306 g/mol. The average molecular weight is 330 g/mol. The SMILES string of the molecule is C=CC[N+]1(O)CCC2CC(=O)C(=O)CC2C1c1cccc(OC)c1. The molecule has 1 saturated heterocycles. The number of Topliss-reactive ketones (excluding diaryl/α,β-unsaturated/α-hetero) is 2. The minimum absolute atomic E-state index is 0.0407. The molecule has 0 amide bonds. The van der Waals surface area contributed by atoms with Crippen LogP contribution in [0, 0.1) is 11.8 Å². The molecule has 4 atom stereocenters. The Labute approximate surface area is 142 Å². The van der Waals surface area contributed by atoms with E-state index in [1.165, 1.54) is 0 Å². The molecule has 5 nitrogen and oxygen atoms in total. The average Bonchev–Trinajstić information content (AvgIpc) is 2.57. The predicted molar refractivity (Wildman–Crippen MR) is 88.6 cm³/mol. The zero-order valence-corrected chi connectivity index (χ0v) is 14.0. The number of quaternary nitrogens is 1. The molecule has 1 N–H and O–H groups in total. The van der Waals surface area contributed by atoms with E-state index in [2.05, 4.69) is 6.58 Å². The molecule has 0 bridgehead atoms. The summed E-state index contributed by atoms with van der Waals surface area (Å²) in [6.07, 6.45) is 2.97. The monoisotopic (exact) mass is 330 g/mol. The van der Waals surface area contributed by atoms with Crippen molar-refractivity contribution in [3.05, 3.63) is 42.5 Å². The second kappa shape index (κ2) is 6.49. The Kier molecular flexibility index (Phi) is 4.56. The van der Waals surface area contributed by atoms with Crippen LogP contribution in [0.15, 0.2) is 36.9 Å². The van der Waals surface area contributed by atoms with Crippen LogP contribution in [0.2, 0.25) is 0 Å². The van der Waals surface area contributed by atoms with Crippen molar-refractivity contribution in [2.75, 3.05) is 20.2 Å². The van der Waals surface area contributed by atoms with Crippen molar-refractivity contribution >= 4 is 11.6 Å². The van der Waals surface area contributed by atoms with E-state index < -0.39 is 0 Å². The van der Waals surface area contributed by atoms with Crippen LogP contribution in [0.5, 0.6) is 5.75 Å². The van der Waals surface area contributed by atoms with E-state index in [0.29, 0.717) is 19.5 Å². The molecule has 0 spiro atoms. The second-order valence-corrected chi connectivity index (χ2v) is 6.87. The summed E-state index contributed by atoms with van der Waals surface area (Å²) in [5, 5.41) is 11.3. The maximum atomic E-state index is 12.0. The zero-order valence-electron chi connectivity index (χ0n) is 14.0. The number of carbonyl (C=O) groups excluding carboxylic acids is 2. The number of hydrogen-bond acceptors (Lipinski definition) is 4. The van der Waals surface area contributed by atoms with Gasteiger partial charge in [-0.15, -0.1) is 0 Å². The largest absolute Gasteiger partial charge is 0.497 e. The molecule has 0 aromatic heterocycles. The Morgan fingerprint density at radius 1 is 1.33 bits per heavy atom. The van der Waals surface area contributed by atoms with Gasteiger partial charge < -0.3 is 4.74 Å². The fourth-order valence-electron chi connectivity index (χ4n) is 4.35. The maximum Gasteiger partial charge on any atom is 0.198 e. The highest BCUT2D eigenvalue weighted by molar-refractivity contribution is 6.37. The highest BCUT2D eigenvalue weighted by atomic mass is 16.5. The van der Waals surface area contributed by atoms with Gasteiger partial charge in [-0.1, -0.05) is 18.7 Å². The Balaban J connectivity index is 2.04. The van der Waals surface area contributed by atoms with E-state index in [0.717, 1.165) is 17.7 Å². The standard InChI is InChI=1S/C19H24NO4/c1-3-8-20(23)9-7-13-11-17(21)18(22)12-16(13)19(20)14-5-4-6-15(10-14)24-2/h3-6,10,13,16,19,23H,1,7-9,11-12H2,2H3/q+1. The Morgan fingerprint density at radius 3 is 2.79 bits per heavy atom. The number of ketones is 2. The van der Waals surface area contributed by atoms with Crippen LogP contribution in [0.4, 0.5) is 0 Å². The maximum absolute atomic E-state index is 12.0. The third-order valence-electron chi connectivity index (χ3n) is 5.48. The fraction of sp³-hybridized carbons (Fsp3) is 0.474. The van der Waals surface area contributed by atoms with E-state index in [9.17, 15) is 14.8 Å². The highest BCUT2D eigenvalue weighted by Crippen LogP contribution is 2.48. The summed E-state index contributed by atoms with van der Waals surface area (Å²) in [6, 6.07) is 7.38. The van der Waals surface area contributed by atoms with Crippen molar-refractivity contribution in [3.63, 3.8) is 0 Å². The third kappa shape index (κ3) is 2.89. The molecule has 5 heteroatoms. The lowest BCUT2D eigenvalue weighted by molar-refractivity contribution is -1.13. The van der Waals surface area contributed by atoms with Gasteiger partial charge in [0.2, 0.25) is 0 Å². The van der Waals surface area contributed by atoms with Gasteiger partial charge in [0.05, 0.1) is 7.11 Å². The van der Waals surface area contributed by atoms with Crippen LogP contribution < -0.4 is 4.74 Å². The van der Waals surface area contributed by atoms with Crippen molar-refractivity contribution in [2.24, 2.45) is 11.8 Å². The van der Waals surface area contributed by atoms with E-state index in [4.69, 9.17) is 4.74 Å². The minimum atomic E-state index is -0.309. The highest BCUT2D eigenvalue weighted by Gasteiger charge is 2.53. The van der Waals surface area contributed by atoms with Gasteiger partial charge in [-0.25, -0.2) is 5.21 Å². The number of hydrogen-bond donors (Lipinski definition) is 1. The van der Waals surface area contributed by atoms with Crippen molar-refractivity contribution in [3.8, 4) is 5.75 Å². The van der Waals surface area contributed by atoms with Crippen LogP contribution >= 0.6 is 0 Å². The molecule has 128 valence electrons. The molecule has 3 rings (SSSR count). The summed E-state index contributed by atoms with van der Waals surface area (Å²) in [6.45, 7) is 4.73. The summed E-state index contributed by atoms with van der Waals surface area (Å²) in [7, 11) is 1.61.